The number of carbonyl (C=O) groups is 1. The van der Waals surface area contributed by atoms with Gasteiger partial charge in [-0.15, -0.1) is 0 Å². The van der Waals surface area contributed by atoms with Crippen molar-refractivity contribution in [1.29, 1.82) is 0 Å². The Morgan fingerprint density at radius 1 is 1.03 bits per heavy atom. The van der Waals surface area contributed by atoms with E-state index in [-0.39, 0.29) is 23.4 Å². The maximum absolute atomic E-state index is 12.8. The monoisotopic (exact) mass is 435 g/mol. The molecule has 0 aromatic heterocycles. The topological polar surface area (TPSA) is 78.5 Å². The van der Waals surface area contributed by atoms with E-state index in [0.29, 0.717) is 0 Å². The summed E-state index contributed by atoms with van der Waals surface area (Å²) >= 11 is 0. The molecule has 2 aliphatic rings. The van der Waals surface area contributed by atoms with Crippen LogP contribution in [0.5, 0.6) is 0 Å². The zero-order valence-electron chi connectivity index (χ0n) is 19.3. The number of fused-ring (bicyclic) bond motifs is 2. The molecule has 1 aromatic carbocycles. The molecule has 2 aliphatic carbocycles. The maximum Gasteiger partial charge on any atom is 0.332 e. The first-order valence-electron chi connectivity index (χ1n) is 11.2. The fraction of sp³-hybridized carbons (Fsp3) is 0.696. The smallest absolute Gasteiger partial charge is 0.307 e. The van der Waals surface area contributed by atoms with Crippen molar-refractivity contribution in [1.82, 2.24) is 9.62 Å². The molecule has 3 rings (SSSR count). The number of urea groups is 1. The van der Waals surface area contributed by atoms with E-state index in [1.165, 1.54) is 22.3 Å². The highest BCUT2D eigenvalue weighted by Gasteiger charge is 2.32. The molecule has 7 heteroatoms. The highest BCUT2D eigenvalue weighted by Crippen LogP contribution is 2.38. The third kappa shape index (κ3) is 4.99. The first kappa shape index (κ1) is 23.1. The minimum Gasteiger partial charge on any atom is -0.307 e. The van der Waals surface area contributed by atoms with Gasteiger partial charge in [-0.05, 0) is 102 Å². The average molecular weight is 436 g/mol. The molecule has 1 unspecified atom stereocenters. The molecule has 1 aromatic rings. The van der Waals surface area contributed by atoms with Gasteiger partial charge in [0, 0.05) is 23.3 Å². The van der Waals surface area contributed by atoms with E-state index >= 15 is 0 Å². The predicted molar refractivity (Wildman–Crippen MR) is 123 cm³/mol. The highest BCUT2D eigenvalue weighted by atomic mass is 32.2. The summed E-state index contributed by atoms with van der Waals surface area (Å²) in [6.07, 6.45) is 6.12. The first-order valence-corrected chi connectivity index (χ1v) is 12.8. The molecule has 1 atom stereocenters. The van der Waals surface area contributed by atoms with Crippen molar-refractivity contribution < 1.29 is 13.2 Å². The second kappa shape index (κ2) is 8.50. The van der Waals surface area contributed by atoms with Crippen molar-refractivity contribution in [3.05, 3.63) is 28.3 Å². The van der Waals surface area contributed by atoms with Crippen LogP contribution in [0.2, 0.25) is 0 Å². The zero-order valence-corrected chi connectivity index (χ0v) is 20.1. The largest absolute Gasteiger partial charge is 0.332 e. The van der Waals surface area contributed by atoms with Crippen LogP contribution in [0.4, 0.5) is 10.5 Å². The summed E-state index contributed by atoms with van der Waals surface area (Å²) in [6.45, 7) is 12.3. The van der Waals surface area contributed by atoms with Gasteiger partial charge in [0.25, 0.3) is 0 Å². The van der Waals surface area contributed by atoms with Crippen LogP contribution in [0.1, 0.15) is 76.6 Å². The number of benzene rings is 1. The van der Waals surface area contributed by atoms with E-state index in [0.717, 1.165) is 44.2 Å². The summed E-state index contributed by atoms with van der Waals surface area (Å²) < 4.78 is 27.8. The summed E-state index contributed by atoms with van der Waals surface area (Å²) in [7, 11) is -3.77. The fourth-order valence-electron chi connectivity index (χ4n) is 5.63. The Hall–Kier alpha value is -1.60. The van der Waals surface area contributed by atoms with E-state index in [4.69, 9.17) is 0 Å². The highest BCUT2D eigenvalue weighted by molar-refractivity contribution is 7.90. The van der Waals surface area contributed by atoms with E-state index in [9.17, 15) is 13.2 Å². The molecule has 0 fully saturated rings. The van der Waals surface area contributed by atoms with E-state index < -0.39 is 16.1 Å². The Bertz CT molecular complexity index is 884. The van der Waals surface area contributed by atoms with Crippen molar-refractivity contribution in [3.8, 4) is 0 Å². The normalized spacial score (nSPS) is 17.2. The van der Waals surface area contributed by atoms with Crippen molar-refractivity contribution in [3.63, 3.8) is 0 Å². The van der Waals surface area contributed by atoms with Crippen LogP contribution in [0.25, 0.3) is 0 Å². The van der Waals surface area contributed by atoms with Gasteiger partial charge in [-0.25, -0.2) is 17.9 Å². The molecule has 0 spiro atoms. The lowest BCUT2D eigenvalue weighted by Gasteiger charge is -2.43. The van der Waals surface area contributed by atoms with Gasteiger partial charge in [-0.3, -0.25) is 4.90 Å². The summed E-state index contributed by atoms with van der Waals surface area (Å²) in [4.78, 5) is 14.9. The number of nitrogens with one attached hydrogen (secondary N) is 2. The van der Waals surface area contributed by atoms with Gasteiger partial charge in [0.1, 0.15) is 0 Å². The Balaban J connectivity index is 1.72. The molecule has 168 valence electrons. The van der Waals surface area contributed by atoms with Crippen molar-refractivity contribution in [2.75, 3.05) is 11.1 Å². The van der Waals surface area contributed by atoms with Crippen LogP contribution in [0.15, 0.2) is 6.07 Å². The van der Waals surface area contributed by atoms with Crippen LogP contribution in [0, 0.1) is 0 Å². The molecule has 0 aliphatic heterocycles. The van der Waals surface area contributed by atoms with E-state index in [1.54, 1.807) is 0 Å². The van der Waals surface area contributed by atoms with Gasteiger partial charge < -0.3 is 5.32 Å². The summed E-state index contributed by atoms with van der Waals surface area (Å²) in [5, 5.41) is 2.91. The first-order chi connectivity index (χ1) is 13.9. The van der Waals surface area contributed by atoms with Gasteiger partial charge in [0.2, 0.25) is 10.0 Å². The molecule has 6 nitrogen and oxygen atoms in total. The number of aryl methyl sites for hydroxylation is 2. The lowest BCUT2D eigenvalue weighted by Crippen LogP contribution is -2.54. The Kier molecular flexibility index (Phi) is 6.54. The Morgan fingerprint density at radius 3 is 2.03 bits per heavy atom. The third-order valence-electron chi connectivity index (χ3n) is 6.23. The number of anilines is 1. The standard InChI is InChI=1S/C23H37N3O3S/c1-15(2)26(23(4,5)6)16(3)14-30(28,29)25-22(27)24-21-19-11-7-9-17(19)13-18-10-8-12-20(18)21/h13,15-16H,7-12,14H2,1-6H3,(H2,24,25,27). The summed E-state index contributed by atoms with van der Waals surface area (Å²) in [6, 6.07) is 1.61. The van der Waals surface area contributed by atoms with Crippen LogP contribution >= 0.6 is 0 Å². The average Bonchev–Trinajstić information content (AvgIpc) is 3.19. The number of carbonyl (C=O) groups excluding carboxylic acids is 1. The van der Waals surface area contributed by atoms with Gasteiger partial charge in [0.05, 0.1) is 5.75 Å². The number of nitrogens with zero attached hydrogens (tertiary/aromatic N) is 1. The molecule has 2 amide bonds. The van der Waals surface area contributed by atoms with Crippen LogP contribution in [-0.4, -0.2) is 42.7 Å². The lowest BCUT2D eigenvalue weighted by atomic mass is 9.99. The number of sulfonamides is 1. The van der Waals surface area contributed by atoms with Gasteiger partial charge in [-0.2, -0.15) is 0 Å². The maximum atomic E-state index is 12.8. The Morgan fingerprint density at radius 2 is 1.57 bits per heavy atom. The van der Waals surface area contributed by atoms with Crippen molar-refractivity contribution in [2.24, 2.45) is 0 Å². The van der Waals surface area contributed by atoms with Crippen LogP contribution in [0.3, 0.4) is 0 Å². The SMILES string of the molecule is CC(C)N(C(C)CS(=O)(=O)NC(=O)Nc1c2c(cc3c1CCC3)CCC2)C(C)(C)C. The number of rotatable bonds is 6. The second-order valence-corrected chi connectivity index (χ2v) is 11.9. The van der Waals surface area contributed by atoms with Crippen molar-refractivity contribution >= 4 is 21.7 Å². The zero-order chi connectivity index (χ0) is 22.3. The molecule has 0 radical (unpaired) electrons. The quantitative estimate of drug-likeness (QED) is 0.708. The van der Waals surface area contributed by atoms with Crippen LogP contribution < -0.4 is 10.0 Å². The molecule has 30 heavy (non-hydrogen) atoms. The molecular formula is C23H37N3O3S. The number of amides is 2. The lowest BCUT2D eigenvalue weighted by molar-refractivity contribution is 0.0654. The second-order valence-electron chi connectivity index (χ2n) is 10.1. The van der Waals surface area contributed by atoms with Crippen molar-refractivity contribution in [2.45, 2.75) is 97.7 Å². The Labute approximate surface area is 181 Å². The summed E-state index contributed by atoms with van der Waals surface area (Å²) in [5.74, 6) is -0.124. The fourth-order valence-corrected chi connectivity index (χ4v) is 6.84. The molecular weight excluding hydrogens is 398 g/mol. The molecule has 0 heterocycles. The van der Waals surface area contributed by atoms with Crippen LogP contribution in [-0.2, 0) is 35.7 Å². The number of hydrogen-bond acceptors (Lipinski definition) is 4. The number of hydrogen-bond donors (Lipinski definition) is 2. The van der Waals surface area contributed by atoms with E-state index in [1.807, 2.05) is 6.92 Å². The molecule has 0 bridgehead atoms. The third-order valence-corrected chi connectivity index (χ3v) is 7.64. The van der Waals surface area contributed by atoms with Gasteiger partial charge in [0.15, 0.2) is 0 Å². The molecule has 0 saturated carbocycles. The van der Waals surface area contributed by atoms with Gasteiger partial charge in [-0.1, -0.05) is 6.07 Å². The molecule has 0 saturated heterocycles. The molecule has 2 N–H and O–H groups in total. The predicted octanol–water partition coefficient (Wildman–Crippen LogP) is 4.01. The minimum atomic E-state index is -3.77. The van der Waals surface area contributed by atoms with E-state index in [2.05, 4.69) is 55.6 Å². The summed E-state index contributed by atoms with van der Waals surface area (Å²) in [5.41, 5.74) is 5.68. The minimum absolute atomic E-state index is 0.124. The van der Waals surface area contributed by atoms with Gasteiger partial charge >= 0.3 is 6.03 Å².